The third kappa shape index (κ3) is 3.59. The van der Waals surface area contributed by atoms with Gasteiger partial charge in [-0.2, -0.15) is 0 Å². The summed E-state index contributed by atoms with van der Waals surface area (Å²) in [6.45, 7) is 3.74. The van der Waals surface area contributed by atoms with Crippen LogP contribution in [0.4, 0.5) is 0 Å². The van der Waals surface area contributed by atoms with E-state index < -0.39 is 12.0 Å². The van der Waals surface area contributed by atoms with Crippen molar-refractivity contribution in [1.29, 1.82) is 0 Å². The van der Waals surface area contributed by atoms with Crippen molar-refractivity contribution in [2.24, 2.45) is 4.99 Å². The number of aromatic hydroxyl groups is 1. The maximum Gasteiger partial charge on any atom is 0.338 e. The summed E-state index contributed by atoms with van der Waals surface area (Å²) >= 11 is 1.25. The molecule has 2 aromatic carbocycles. The highest BCUT2D eigenvalue weighted by atomic mass is 32.1. The van der Waals surface area contributed by atoms with E-state index in [9.17, 15) is 14.7 Å². The molecule has 0 bridgehead atoms. The Balaban J connectivity index is 1.96. The Morgan fingerprint density at radius 1 is 1.23 bits per heavy atom. The summed E-state index contributed by atoms with van der Waals surface area (Å²) in [5.41, 5.74) is 2.16. The van der Waals surface area contributed by atoms with Crippen molar-refractivity contribution in [3.05, 3.63) is 96.7 Å². The Morgan fingerprint density at radius 3 is 2.70 bits per heavy atom. The van der Waals surface area contributed by atoms with Crippen LogP contribution in [0.25, 0.3) is 6.08 Å². The van der Waals surface area contributed by atoms with Crippen LogP contribution in [-0.4, -0.2) is 22.2 Å². The second-order valence-corrected chi connectivity index (χ2v) is 7.82. The summed E-state index contributed by atoms with van der Waals surface area (Å²) in [4.78, 5) is 31.2. The van der Waals surface area contributed by atoms with Crippen molar-refractivity contribution < 1.29 is 14.6 Å². The summed E-state index contributed by atoms with van der Waals surface area (Å²) in [7, 11) is 0. The molecule has 30 heavy (non-hydrogen) atoms. The highest BCUT2D eigenvalue weighted by Crippen LogP contribution is 2.30. The van der Waals surface area contributed by atoms with Gasteiger partial charge in [0, 0.05) is 0 Å². The number of ether oxygens (including phenoxy) is 1. The van der Waals surface area contributed by atoms with Crippen LogP contribution in [0, 0.1) is 0 Å². The van der Waals surface area contributed by atoms with Gasteiger partial charge in [-0.15, -0.1) is 0 Å². The van der Waals surface area contributed by atoms with Crippen LogP contribution in [0.3, 0.4) is 0 Å². The molecule has 0 fully saturated rings. The quantitative estimate of drug-likeness (QED) is 0.658. The van der Waals surface area contributed by atoms with Crippen molar-refractivity contribution in [3.8, 4) is 5.75 Å². The number of phenols is 1. The summed E-state index contributed by atoms with van der Waals surface area (Å²) in [5.74, 6) is -0.353. The molecule has 0 amide bonds. The topological polar surface area (TPSA) is 80.9 Å². The fraction of sp³-hybridized carbons (Fsp3) is 0.174. The molecule has 4 rings (SSSR count). The van der Waals surface area contributed by atoms with Gasteiger partial charge in [0.2, 0.25) is 0 Å². The summed E-state index contributed by atoms with van der Waals surface area (Å²) < 4.78 is 7.29. The minimum absolute atomic E-state index is 0.124. The fourth-order valence-electron chi connectivity index (χ4n) is 3.51. The molecule has 1 aromatic heterocycles. The minimum Gasteiger partial charge on any atom is -0.508 e. The van der Waals surface area contributed by atoms with Crippen LogP contribution in [-0.2, 0) is 9.53 Å². The number of benzene rings is 2. The summed E-state index contributed by atoms with van der Waals surface area (Å²) in [5, 5.41) is 9.72. The first-order valence-corrected chi connectivity index (χ1v) is 10.3. The number of fused-ring (bicyclic) bond motifs is 1. The molecular formula is C23H20N2O4S. The zero-order chi connectivity index (χ0) is 21.3. The fourth-order valence-corrected chi connectivity index (χ4v) is 4.55. The number of nitrogens with zero attached hydrogens (tertiary/aromatic N) is 2. The lowest BCUT2D eigenvalue weighted by molar-refractivity contribution is -0.139. The molecular weight excluding hydrogens is 400 g/mol. The lowest BCUT2D eigenvalue weighted by atomic mass is 9.96. The number of allylic oxidation sites excluding steroid dienone is 1. The first kappa shape index (κ1) is 19.8. The lowest BCUT2D eigenvalue weighted by Crippen LogP contribution is -2.39. The van der Waals surface area contributed by atoms with Gasteiger partial charge in [0.25, 0.3) is 5.56 Å². The van der Waals surface area contributed by atoms with Crippen molar-refractivity contribution >= 4 is 23.4 Å². The monoisotopic (exact) mass is 420 g/mol. The molecule has 3 aromatic rings. The van der Waals surface area contributed by atoms with Gasteiger partial charge in [0.1, 0.15) is 5.75 Å². The molecule has 1 atom stereocenters. The van der Waals surface area contributed by atoms with E-state index in [4.69, 9.17) is 4.74 Å². The number of hydrogen-bond donors (Lipinski definition) is 1. The smallest absolute Gasteiger partial charge is 0.338 e. The third-order valence-electron chi connectivity index (χ3n) is 4.80. The summed E-state index contributed by atoms with van der Waals surface area (Å²) in [6, 6.07) is 15.5. The predicted octanol–water partition coefficient (Wildman–Crippen LogP) is 2.50. The predicted molar refractivity (Wildman–Crippen MR) is 115 cm³/mol. The Labute approximate surface area is 176 Å². The van der Waals surface area contributed by atoms with Gasteiger partial charge in [-0.1, -0.05) is 53.8 Å². The van der Waals surface area contributed by atoms with Crippen molar-refractivity contribution in [1.82, 2.24) is 4.57 Å². The average molecular weight is 420 g/mol. The number of aromatic nitrogens is 1. The number of hydrogen-bond acceptors (Lipinski definition) is 6. The van der Waals surface area contributed by atoms with E-state index in [0.717, 1.165) is 5.56 Å². The summed E-state index contributed by atoms with van der Waals surface area (Å²) in [6.07, 6.45) is 1.72. The number of phenolic OH excluding ortho intramolecular Hbond substituents is 1. The highest BCUT2D eigenvalue weighted by Gasteiger charge is 2.33. The second-order valence-electron chi connectivity index (χ2n) is 6.81. The Morgan fingerprint density at radius 2 is 2.00 bits per heavy atom. The van der Waals surface area contributed by atoms with Crippen LogP contribution in [0.15, 0.2) is 75.7 Å². The molecule has 0 unspecified atom stereocenters. The Hall–Kier alpha value is -3.45. The number of carbonyl (C=O) groups excluding carboxylic acids is 1. The molecule has 0 spiro atoms. The first-order chi connectivity index (χ1) is 14.5. The van der Waals surface area contributed by atoms with Gasteiger partial charge in [-0.05, 0) is 43.2 Å². The molecule has 2 heterocycles. The van der Waals surface area contributed by atoms with Crippen molar-refractivity contribution in [3.63, 3.8) is 0 Å². The van der Waals surface area contributed by atoms with E-state index in [1.165, 1.54) is 11.3 Å². The molecule has 0 saturated carbocycles. The second kappa shape index (κ2) is 8.12. The van der Waals surface area contributed by atoms with Crippen LogP contribution in [0.1, 0.15) is 31.0 Å². The maximum absolute atomic E-state index is 13.4. The Kier molecular flexibility index (Phi) is 5.37. The molecule has 1 aliphatic heterocycles. The standard InChI is InChI=1S/C23H20N2O4S/c1-3-29-22(28)19-14(2)24-23-25(20(19)16-9-5-4-6-10-16)21(27)18(30-23)13-15-8-7-11-17(26)12-15/h4-13,20,26H,3H2,1-2H3/b18-13-/t20-/m0/s1. The van der Waals surface area contributed by atoms with Gasteiger partial charge in [0.05, 0.1) is 28.5 Å². The van der Waals surface area contributed by atoms with Crippen LogP contribution in [0.5, 0.6) is 5.75 Å². The number of carbonyl (C=O) groups is 1. The molecule has 0 aliphatic carbocycles. The first-order valence-electron chi connectivity index (χ1n) is 9.53. The molecule has 0 radical (unpaired) electrons. The number of thiazole rings is 1. The zero-order valence-electron chi connectivity index (χ0n) is 16.5. The molecule has 1 aliphatic rings. The normalized spacial score (nSPS) is 16.2. The minimum atomic E-state index is -0.618. The maximum atomic E-state index is 13.4. The van der Waals surface area contributed by atoms with E-state index >= 15 is 0 Å². The largest absolute Gasteiger partial charge is 0.508 e. The third-order valence-corrected chi connectivity index (χ3v) is 5.78. The molecule has 1 N–H and O–H groups in total. The zero-order valence-corrected chi connectivity index (χ0v) is 17.3. The number of rotatable bonds is 4. The van der Waals surface area contributed by atoms with Gasteiger partial charge >= 0.3 is 5.97 Å². The van der Waals surface area contributed by atoms with Gasteiger partial charge in [-0.25, -0.2) is 9.79 Å². The lowest BCUT2D eigenvalue weighted by Gasteiger charge is -2.24. The molecule has 152 valence electrons. The van der Waals surface area contributed by atoms with Gasteiger partial charge in [-0.3, -0.25) is 9.36 Å². The van der Waals surface area contributed by atoms with E-state index in [2.05, 4.69) is 4.99 Å². The molecule has 0 saturated heterocycles. The molecule has 6 nitrogen and oxygen atoms in total. The average Bonchev–Trinajstić information content (AvgIpc) is 3.02. The van der Waals surface area contributed by atoms with Crippen molar-refractivity contribution in [2.45, 2.75) is 19.9 Å². The van der Waals surface area contributed by atoms with Gasteiger partial charge in [0.15, 0.2) is 4.80 Å². The van der Waals surface area contributed by atoms with E-state index in [1.807, 2.05) is 36.4 Å². The van der Waals surface area contributed by atoms with Gasteiger partial charge < -0.3 is 9.84 Å². The van der Waals surface area contributed by atoms with E-state index in [1.54, 1.807) is 42.7 Å². The Bertz CT molecular complexity index is 1320. The van der Waals surface area contributed by atoms with Crippen molar-refractivity contribution in [2.75, 3.05) is 6.61 Å². The van der Waals surface area contributed by atoms with E-state index in [0.29, 0.717) is 26.2 Å². The van der Waals surface area contributed by atoms with E-state index in [-0.39, 0.29) is 17.9 Å². The number of esters is 1. The van der Waals surface area contributed by atoms with Crippen LogP contribution >= 0.6 is 11.3 Å². The molecule has 7 heteroatoms. The van der Waals surface area contributed by atoms with Crippen LogP contribution < -0.4 is 14.9 Å². The van der Waals surface area contributed by atoms with Crippen LogP contribution in [0.2, 0.25) is 0 Å². The SMILES string of the molecule is CCOC(=O)C1=C(C)N=c2s/c(=C\c3cccc(O)c3)c(=O)n2[C@H]1c1ccccc1. The highest BCUT2D eigenvalue weighted by molar-refractivity contribution is 7.07.